The third-order valence-electron chi connectivity index (χ3n) is 5.42. The highest BCUT2D eigenvalue weighted by Crippen LogP contribution is 2.21. The molecule has 156 valence electrons. The summed E-state index contributed by atoms with van der Waals surface area (Å²) >= 11 is 0. The van der Waals surface area contributed by atoms with Gasteiger partial charge in [-0.25, -0.2) is 9.97 Å². The molecule has 0 aromatic carbocycles. The molecule has 0 bridgehead atoms. The molecule has 3 aromatic heterocycles. The summed E-state index contributed by atoms with van der Waals surface area (Å²) in [6.45, 7) is 4.77. The van der Waals surface area contributed by atoms with Crippen LogP contribution in [0, 0.1) is 19.8 Å². The van der Waals surface area contributed by atoms with Crippen LogP contribution in [0.5, 0.6) is 0 Å². The molecule has 1 fully saturated rings. The van der Waals surface area contributed by atoms with Crippen LogP contribution < -0.4 is 5.56 Å². The molecule has 1 saturated heterocycles. The number of likely N-dealkylation sites (tertiary alicyclic amines) is 1. The molecule has 10 heteroatoms. The quantitative estimate of drug-likeness (QED) is 0.616. The summed E-state index contributed by atoms with van der Waals surface area (Å²) in [5.74, 6) is 1.05. The van der Waals surface area contributed by atoms with Crippen LogP contribution in [-0.4, -0.2) is 53.6 Å². The number of aromatic nitrogens is 6. The molecule has 1 unspecified atom stereocenters. The van der Waals surface area contributed by atoms with Crippen LogP contribution in [0.25, 0.3) is 11.5 Å². The van der Waals surface area contributed by atoms with Gasteiger partial charge in [0.15, 0.2) is 0 Å². The van der Waals surface area contributed by atoms with Gasteiger partial charge in [0, 0.05) is 43.2 Å². The highest BCUT2D eigenvalue weighted by molar-refractivity contribution is 5.76. The smallest absolute Gasteiger partial charge is 0.256 e. The van der Waals surface area contributed by atoms with Gasteiger partial charge in [0.25, 0.3) is 5.56 Å². The lowest BCUT2D eigenvalue weighted by atomic mass is 9.94. The van der Waals surface area contributed by atoms with E-state index in [1.807, 2.05) is 0 Å². The van der Waals surface area contributed by atoms with E-state index in [-0.39, 0.29) is 23.9 Å². The predicted molar refractivity (Wildman–Crippen MR) is 106 cm³/mol. The Hall–Kier alpha value is -3.43. The van der Waals surface area contributed by atoms with Crippen molar-refractivity contribution < 1.29 is 9.32 Å². The second kappa shape index (κ2) is 8.52. The number of carbonyl (C=O) groups is 1. The molecule has 3 aromatic rings. The van der Waals surface area contributed by atoms with Crippen LogP contribution in [0.1, 0.15) is 30.0 Å². The minimum atomic E-state index is -0.174. The first-order chi connectivity index (χ1) is 14.5. The van der Waals surface area contributed by atoms with Crippen molar-refractivity contribution in [1.82, 2.24) is 34.6 Å². The van der Waals surface area contributed by atoms with Gasteiger partial charge in [-0.15, -0.1) is 0 Å². The second-order valence-electron chi connectivity index (χ2n) is 7.54. The molecule has 0 spiro atoms. The number of nitrogens with zero attached hydrogens (tertiary/aromatic N) is 7. The maximum absolute atomic E-state index is 12.8. The van der Waals surface area contributed by atoms with Gasteiger partial charge >= 0.3 is 0 Å². The van der Waals surface area contributed by atoms with Gasteiger partial charge < -0.3 is 9.42 Å². The summed E-state index contributed by atoms with van der Waals surface area (Å²) in [5.41, 5.74) is 1.63. The fraction of sp³-hybridized carbons (Fsp3) is 0.450. The Morgan fingerprint density at radius 2 is 2.13 bits per heavy atom. The van der Waals surface area contributed by atoms with Crippen molar-refractivity contribution in [3.05, 3.63) is 52.4 Å². The standard InChI is InChI=1S/C20H23N7O3/c1-13-14(2)23-12-27(20(13)29)11-18(28)26-7-3-4-15(10-26)8-17-24-19(25-30-17)16-9-21-5-6-22-16/h5-6,9,12,15H,3-4,7-8,10-11H2,1-2H3. The SMILES string of the molecule is Cc1ncn(CC(=O)N2CCCC(Cc3nc(-c4cnccn4)no3)C2)c(=O)c1C. The van der Waals surface area contributed by atoms with Crippen molar-refractivity contribution in [2.75, 3.05) is 13.1 Å². The third kappa shape index (κ3) is 4.27. The minimum Gasteiger partial charge on any atom is -0.341 e. The Labute approximate surface area is 173 Å². The first-order valence-electron chi connectivity index (χ1n) is 9.90. The van der Waals surface area contributed by atoms with Crippen molar-refractivity contribution in [2.24, 2.45) is 5.92 Å². The summed E-state index contributed by atoms with van der Waals surface area (Å²) in [6.07, 6.45) is 8.63. The highest BCUT2D eigenvalue weighted by atomic mass is 16.5. The zero-order valence-electron chi connectivity index (χ0n) is 17.0. The number of piperidine rings is 1. The molecule has 1 atom stereocenters. The third-order valence-corrected chi connectivity index (χ3v) is 5.42. The molecule has 4 rings (SSSR count). The largest absolute Gasteiger partial charge is 0.341 e. The van der Waals surface area contributed by atoms with Crippen LogP contribution in [0.15, 0.2) is 34.2 Å². The fourth-order valence-electron chi connectivity index (χ4n) is 3.60. The molecule has 30 heavy (non-hydrogen) atoms. The summed E-state index contributed by atoms with van der Waals surface area (Å²) in [4.78, 5) is 43.7. The van der Waals surface area contributed by atoms with Gasteiger partial charge in [-0.05, 0) is 32.6 Å². The average molecular weight is 409 g/mol. The summed E-state index contributed by atoms with van der Waals surface area (Å²) in [5, 5.41) is 3.97. The van der Waals surface area contributed by atoms with E-state index in [1.165, 1.54) is 10.9 Å². The Balaban J connectivity index is 1.39. The van der Waals surface area contributed by atoms with E-state index in [0.717, 1.165) is 12.8 Å². The molecular weight excluding hydrogens is 386 g/mol. The maximum atomic E-state index is 12.8. The van der Waals surface area contributed by atoms with Gasteiger partial charge in [0.05, 0.1) is 12.5 Å². The number of carbonyl (C=O) groups excluding carboxylic acids is 1. The summed E-state index contributed by atoms with van der Waals surface area (Å²) in [7, 11) is 0. The van der Waals surface area contributed by atoms with E-state index in [0.29, 0.717) is 48.2 Å². The molecule has 1 amide bonds. The van der Waals surface area contributed by atoms with Crippen molar-refractivity contribution in [3.8, 4) is 11.5 Å². The zero-order chi connectivity index (χ0) is 21.1. The van der Waals surface area contributed by atoms with Crippen LogP contribution in [0.2, 0.25) is 0 Å². The van der Waals surface area contributed by atoms with Crippen molar-refractivity contribution in [1.29, 1.82) is 0 Å². The molecule has 0 N–H and O–H groups in total. The molecule has 1 aliphatic rings. The average Bonchev–Trinajstić information content (AvgIpc) is 3.23. The molecule has 1 aliphatic heterocycles. The fourth-order valence-corrected chi connectivity index (χ4v) is 3.60. The van der Waals surface area contributed by atoms with Crippen molar-refractivity contribution in [2.45, 2.75) is 39.7 Å². The van der Waals surface area contributed by atoms with Crippen LogP contribution in [-0.2, 0) is 17.8 Å². The van der Waals surface area contributed by atoms with Crippen LogP contribution in [0.3, 0.4) is 0 Å². The van der Waals surface area contributed by atoms with Crippen molar-refractivity contribution in [3.63, 3.8) is 0 Å². The summed E-state index contributed by atoms with van der Waals surface area (Å²) < 4.78 is 6.74. The number of hydrogen-bond donors (Lipinski definition) is 0. The maximum Gasteiger partial charge on any atom is 0.256 e. The Kier molecular flexibility index (Phi) is 5.64. The lowest BCUT2D eigenvalue weighted by Crippen LogP contribution is -2.43. The molecule has 4 heterocycles. The van der Waals surface area contributed by atoms with Crippen LogP contribution in [0.4, 0.5) is 0 Å². The lowest BCUT2D eigenvalue weighted by Gasteiger charge is -2.32. The molecule has 0 aliphatic carbocycles. The number of hydrogen-bond acceptors (Lipinski definition) is 8. The van der Waals surface area contributed by atoms with Gasteiger partial charge in [-0.3, -0.25) is 19.1 Å². The Morgan fingerprint density at radius 1 is 1.27 bits per heavy atom. The van der Waals surface area contributed by atoms with E-state index in [2.05, 4.69) is 25.1 Å². The van der Waals surface area contributed by atoms with E-state index in [9.17, 15) is 9.59 Å². The van der Waals surface area contributed by atoms with Gasteiger partial charge in [0.1, 0.15) is 12.2 Å². The Bertz CT molecular complexity index is 1090. The van der Waals surface area contributed by atoms with Gasteiger partial charge in [-0.2, -0.15) is 4.98 Å². The number of aryl methyl sites for hydroxylation is 1. The van der Waals surface area contributed by atoms with Crippen LogP contribution >= 0.6 is 0 Å². The van der Waals surface area contributed by atoms with E-state index < -0.39 is 0 Å². The van der Waals surface area contributed by atoms with Crippen molar-refractivity contribution >= 4 is 5.91 Å². The highest BCUT2D eigenvalue weighted by Gasteiger charge is 2.26. The predicted octanol–water partition coefficient (Wildman–Crippen LogP) is 1.18. The van der Waals surface area contributed by atoms with E-state index in [4.69, 9.17) is 4.52 Å². The minimum absolute atomic E-state index is 0.00292. The molecule has 0 saturated carbocycles. The van der Waals surface area contributed by atoms with E-state index in [1.54, 1.807) is 37.3 Å². The molecular formula is C20H23N7O3. The van der Waals surface area contributed by atoms with E-state index >= 15 is 0 Å². The topological polar surface area (TPSA) is 120 Å². The normalized spacial score (nSPS) is 16.6. The molecule has 0 radical (unpaired) electrons. The zero-order valence-corrected chi connectivity index (χ0v) is 17.0. The molecule has 10 nitrogen and oxygen atoms in total. The second-order valence-corrected chi connectivity index (χ2v) is 7.54. The lowest BCUT2D eigenvalue weighted by molar-refractivity contribution is -0.133. The summed E-state index contributed by atoms with van der Waals surface area (Å²) in [6, 6.07) is 0. The number of rotatable bonds is 5. The first-order valence-corrected chi connectivity index (χ1v) is 9.90. The monoisotopic (exact) mass is 409 g/mol. The van der Waals surface area contributed by atoms with Gasteiger partial charge in [0.2, 0.25) is 17.6 Å². The number of amides is 1. The first kappa shape index (κ1) is 19.9. The van der Waals surface area contributed by atoms with Gasteiger partial charge in [-0.1, -0.05) is 5.16 Å². The Morgan fingerprint density at radius 3 is 2.93 bits per heavy atom.